The maximum absolute atomic E-state index is 5.59. The molecule has 0 saturated heterocycles. The molecule has 86 valence electrons. The Balaban J connectivity index is 2.13. The van der Waals surface area contributed by atoms with Crippen LogP contribution >= 0.6 is 11.3 Å². The molecule has 0 amide bonds. The van der Waals surface area contributed by atoms with Crippen LogP contribution in [0.15, 0.2) is 58.7 Å². The highest BCUT2D eigenvalue weighted by atomic mass is 32.1. The van der Waals surface area contributed by atoms with Crippen molar-refractivity contribution >= 4 is 11.3 Å². The lowest BCUT2D eigenvalue weighted by Gasteiger charge is -2.14. The van der Waals surface area contributed by atoms with E-state index >= 15 is 0 Å². The van der Waals surface area contributed by atoms with Crippen LogP contribution in [0.2, 0.25) is 0 Å². The Labute approximate surface area is 104 Å². The zero-order valence-corrected chi connectivity index (χ0v) is 10.4. The van der Waals surface area contributed by atoms with Crippen molar-refractivity contribution in [2.75, 3.05) is 0 Å². The lowest BCUT2D eigenvalue weighted by molar-refractivity contribution is 0.499. The molecule has 17 heavy (non-hydrogen) atoms. The highest BCUT2D eigenvalue weighted by Crippen LogP contribution is 2.34. The topological polar surface area (TPSA) is 18.1 Å². The van der Waals surface area contributed by atoms with Crippen LogP contribution in [0.25, 0.3) is 0 Å². The largest absolute Gasteiger partial charge is 0.468 e. The number of hydrogen-bond acceptors (Lipinski definition) is 2. The minimum absolute atomic E-state index is 0.199. The molecule has 0 aliphatic heterocycles. The van der Waals surface area contributed by atoms with E-state index in [0.29, 0.717) is 0 Å². The number of rotatable bonds is 3. The third kappa shape index (κ3) is 1.83. The van der Waals surface area contributed by atoms with E-state index in [9.17, 15) is 0 Å². The van der Waals surface area contributed by atoms with Crippen molar-refractivity contribution < 1.29 is 4.42 Å². The second kappa shape index (κ2) is 4.26. The average Bonchev–Trinajstić information content (AvgIpc) is 3.04. The SMILES string of the molecule is Cn1cccc1C(c1ccco1)c1cccs1. The normalized spacial score (nSPS) is 12.8. The summed E-state index contributed by atoms with van der Waals surface area (Å²) in [6, 6.07) is 12.4. The molecule has 0 saturated carbocycles. The van der Waals surface area contributed by atoms with Crippen molar-refractivity contribution in [3.8, 4) is 0 Å². The summed E-state index contributed by atoms with van der Waals surface area (Å²) in [5, 5.41) is 2.11. The van der Waals surface area contributed by atoms with Crippen LogP contribution in [0.4, 0.5) is 0 Å². The highest BCUT2D eigenvalue weighted by molar-refractivity contribution is 7.10. The first-order valence-electron chi connectivity index (χ1n) is 5.54. The van der Waals surface area contributed by atoms with Crippen LogP contribution in [0.1, 0.15) is 22.2 Å². The van der Waals surface area contributed by atoms with Gasteiger partial charge in [-0.25, -0.2) is 0 Å². The molecule has 0 spiro atoms. The number of thiophene rings is 1. The maximum atomic E-state index is 5.59. The third-order valence-electron chi connectivity index (χ3n) is 2.94. The minimum Gasteiger partial charge on any atom is -0.468 e. The molecule has 0 fully saturated rings. The summed E-state index contributed by atoms with van der Waals surface area (Å²) in [6.07, 6.45) is 3.80. The van der Waals surface area contributed by atoms with Gasteiger partial charge in [-0.1, -0.05) is 6.07 Å². The first kappa shape index (κ1) is 10.4. The molecule has 0 aliphatic rings. The van der Waals surface area contributed by atoms with Gasteiger partial charge in [-0.15, -0.1) is 11.3 Å². The molecular formula is C14H13NOS. The average molecular weight is 243 g/mol. The quantitative estimate of drug-likeness (QED) is 0.683. The molecule has 2 nitrogen and oxygen atoms in total. The second-order valence-corrected chi connectivity index (χ2v) is 4.99. The van der Waals surface area contributed by atoms with E-state index < -0.39 is 0 Å². The van der Waals surface area contributed by atoms with Gasteiger partial charge in [0.15, 0.2) is 0 Å². The Bertz CT molecular complexity index is 543. The van der Waals surface area contributed by atoms with Crippen LogP contribution in [0, 0.1) is 0 Å². The lowest BCUT2D eigenvalue weighted by Crippen LogP contribution is -2.05. The molecule has 0 aliphatic carbocycles. The Kier molecular flexibility index (Phi) is 2.61. The Morgan fingerprint density at radius 1 is 1.18 bits per heavy atom. The first-order chi connectivity index (χ1) is 8.36. The maximum Gasteiger partial charge on any atom is 0.117 e. The number of hydrogen-bond donors (Lipinski definition) is 0. The minimum atomic E-state index is 0.199. The van der Waals surface area contributed by atoms with E-state index in [1.54, 1.807) is 17.6 Å². The van der Waals surface area contributed by atoms with E-state index in [1.807, 2.05) is 12.1 Å². The van der Waals surface area contributed by atoms with Crippen LogP contribution in [0.3, 0.4) is 0 Å². The van der Waals surface area contributed by atoms with Crippen LogP contribution in [0.5, 0.6) is 0 Å². The predicted molar refractivity (Wildman–Crippen MR) is 69.4 cm³/mol. The summed E-state index contributed by atoms with van der Waals surface area (Å²) >= 11 is 1.76. The van der Waals surface area contributed by atoms with Crippen molar-refractivity contribution in [1.29, 1.82) is 0 Å². The smallest absolute Gasteiger partial charge is 0.117 e. The molecule has 3 aromatic heterocycles. The van der Waals surface area contributed by atoms with E-state index in [1.165, 1.54) is 10.6 Å². The fourth-order valence-electron chi connectivity index (χ4n) is 2.12. The molecular weight excluding hydrogens is 230 g/mol. The van der Waals surface area contributed by atoms with Crippen molar-refractivity contribution in [2.45, 2.75) is 5.92 Å². The van der Waals surface area contributed by atoms with Gasteiger partial charge in [-0.3, -0.25) is 0 Å². The molecule has 3 rings (SSSR count). The Hall–Kier alpha value is -1.74. The molecule has 1 atom stereocenters. The molecule has 3 heterocycles. The number of aromatic nitrogens is 1. The monoisotopic (exact) mass is 243 g/mol. The summed E-state index contributed by atoms with van der Waals surface area (Å²) < 4.78 is 7.74. The third-order valence-corrected chi connectivity index (χ3v) is 3.87. The van der Waals surface area contributed by atoms with Gasteiger partial charge in [0.25, 0.3) is 0 Å². The Morgan fingerprint density at radius 2 is 2.12 bits per heavy atom. The zero-order valence-electron chi connectivity index (χ0n) is 9.54. The van der Waals surface area contributed by atoms with Gasteiger partial charge in [0.2, 0.25) is 0 Å². The van der Waals surface area contributed by atoms with Gasteiger partial charge in [0.1, 0.15) is 5.76 Å². The summed E-state index contributed by atoms with van der Waals surface area (Å²) in [5.74, 6) is 1.19. The Morgan fingerprint density at radius 3 is 2.71 bits per heavy atom. The molecule has 1 unspecified atom stereocenters. The van der Waals surface area contributed by atoms with Crippen LogP contribution in [-0.2, 0) is 7.05 Å². The number of furan rings is 1. The highest BCUT2D eigenvalue weighted by Gasteiger charge is 2.22. The van der Waals surface area contributed by atoms with E-state index in [2.05, 4.69) is 47.5 Å². The van der Waals surface area contributed by atoms with Gasteiger partial charge in [-0.05, 0) is 35.7 Å². The summed E-state index contributed by atoms with van der Waals surface area (Å²) in [5.41, 5.74) is 1.25. The standard InChI is InChI=1S/C14H13NOS/c1-15-8-2-5-11(15)14(12-6-3-9-16-12)13-7-4-10-17-13/h2-10,14H,1H3. The molecule has 0 aromatic carbocycles. The van der Waals surface area contributed by atoms with Gasteiger partial charge in [0.05, 0.1) is 12.2 Å². The summed E-state index contributed by atoms with van der Waals surface area (Å²) in [4.78, 5) is 1.31. The van der Waals surface area contributed by atoms with Crippen LogP contribution < -0.4 is 0 Å². The van der Waals surface area contributed by atoms with Gasteiger partial charge < -0.3 is 8.98 Å². The second-order valence-electron chi connectivity index (χ2n) is 4.01. The lowest BCUT2D eigenvalue weighted by atomic mass is 10.0. The van der Waals surface area contributed by atoms with Crippen molar-refractivity contribution in [3.63, 3.8) is 0 Å². The molecule has 0 bridgehead atoms. The van der Waals surface area contributed by atoms with E-state index in [4.69, 9.17) is 4.42 Å². The van der Waals surface area contributed by atoms with Gasteiger partial charge >= 0.3 is 0 Å². The summed E-state index contributed by atoms with van der Waals surface area (Å²) in [7, 11) is 2.07. The van der Waals surface area contributed by atoms with Crippen molar-refractivity contribution in [3.05, 3.63) is 70.6 Å². The number of aryl methyl sites for hydroxylation is 1. The zero-order chi connectivity index (χ0) is 11.7. The first-order valence-corrected chi connectivity index (χ1v) is 6.42. The molecule has 3 heteroatoms. The van der Waals surface area contributed by atoms with E-state index in [-0.39, 0.29) is 5.92 Å². The molecule has 3 aromatic rings. The van der Waals surface area contributed by atoms with Crippen LogP contribution in [-0.4, -0.2) is 4.57 Å². The number of nitrogens with zero attached hydrogens (tertiary/aromatic N) is 1. The molecule has 0 radical (unpaired) electrons. The van der Waals surface area contributed by atoms with Gasteiger partial charge in [0, 0.05) is 23.8 Å². The molecule has 0 N–H and O–H groups in total. The summed E-state index contributed by atoms with van der Waals surface area (Å²) in [6.45, 7) is 0. The van der Waals surface area contributed by atoms with Crippen molar-refractivity contribution in [2.24, 2.45) is 7.05 Å². The van der Waals surface area contributed by atoms with E-state index in [0.717, 1.165) is 5.76 Å². The predicted octanol–water partition coefficient (Wildman–Crippen LogP) is 3.86. The van der Waals surface area contributed by atoms with Gasteiger partial charge in [-0.2, -0.15) is 0 Å². The van der Waals surface area contributed by atoms with Crippen molar-refractivity contribution in [1.82, 2.24) is 4.57 Å². The fraction of sp³-hybridized carbons (Fsp3) is 0.143. The fourth-order valence-corrected chi connectivity index (χ4v) is 2.96.